The summed E-state index contributed by atoms with van der Waals surface area (Å²) >= 11 is 18.2. The van der Waals surface area contributed by atoms with E-state index in [4.69, 9.17) is 34.8 Å². The van der Waals surface area contributed by atoms with E-state index in [1.165, 1.54) is 12.8 Å². The van der Waals surface area contributed by atoms with Crippen LogP contribution in [0.25, 0.3) is 0 Å². The molecule has 0 saturated carbocycles. The van der Waals surface area contributed by atoms with Crippen LogP contribution in [0.4, 0.5) is 5.69 Å². The number of nitrogens with zero attached hydrogens (tertiary/aromatic N) is 3. The average Bonchev–Trinajstić information content (AvgIpc) is 2.77. The van der Waals surface area contributed by atoms with Crippen LogP contribution in [0.3, 0.4) is 0 Å². The molecule has 1 aromatic carbocycles. The predicted molar refractivity (Wildman–Crippen MR) is 104 cm³/mol. The number of anilines is 1. The van der Waals surface area contributed by atoms with Crippen molar-refractivity contribution in [1.82, 2.24) is 9.78 Å². The van der Waals surface area contributed by atoms with Crippen LogP contribution in [-0.4, -0.2) is 16.0 Å². The number of aromatic nitrogens is 2. The normalized spacial score (nSPS) is 11.4. The zero-order valence-corrected chi connectivity index (χ0v) is 16.3. The van der Waals surface area contributed by atoms with Crippen molar-refractivity contribution < 1.29 is 0 Å². The number of hydrogen-bond acceptors (Lipinski definition) is 3. The quantitative estimate of drug-likeness (QED) is 0.354. The Hall–Kier alpha value is -1.23. The van der Waals surface area contributed by atoms with E-state index in [9.17, 15) is 0 Å². The molecule has 1 aromatic heterocycles. The summed E-state index contributed by atoms with van der Waals surface area (Å²) in [6, 6.07) is 3.24. The standard InChI is InChI=1S/C17H21Cl3N4/c1-4-5-6-7-24-12(3)14(11(2)23-24)10-21-22-17-15(19)8-13(18)9-16(17)20/h8-10,22H,4-7H2,1-3H3/b21-10+. The van der Waals surface area contributed by atoms with Crippen LogP contribution in [0.15, 0.2) is 17.2 Å². The van der Waals surface area contributed by atoms with Crippen LogP contribution in [0.2, 0.25) is 15.1 Å². The van der Waals surface area contributed by atoms with Gasteiger partial charge in [-0.1, -0.05) is 54.6 Å². The smallest absolute Gasteiger partial charge is 0.0935 e. The first-order valence-corrected chi connectivity index (χ1v) is 9.05. The minimum atomic E-state index is 0.424. The van der Waals surface area contributed by atoms with E-state index in [-0.39, 0.29) is 0 Å². The maximum atomic E-state index is 6.13. The molecule has 0 spiro atoms. The lowest BCUT2D eigenvalue weighted by atomic mass is 10.2. The third-order valence-electron chi connectivity index (χ3n) is 3.79. The van der Waals surface area contributed by atoms with E-state index < -0.39 is 0 Å². The molecule has 0 fully saturated rings. The number of hydrogen-bond donors (Lipinski definition) is 1. The van der Waals surface area contributed by atoms with Gasteiger partial charge in [-0.05, 0) is 32.4 Å². The van der Waals surface area contributed by atoms with Gasteiger partial charge in [-0.25, -0.2) is 0 Å². The predicted octanol–water partition coefficient (Wildman–Crippen LogP) is 6.10. The lowest BCUT2D eigenvalue weighted by Gasteiger charge is -2.06. The highest BCUT2D eigenvalue weighted by Gasteiger charge is 2.10. The molecule has 0 aliphatic carbocycles. The number of hydrazone groups is 1. The lowest BCUT2D eigenvalue weighted by molar-refractivity contribution is 0.540. The van der Waals surface area contributed by atoms with Gasteiger partial charge in [0.05, 0.1) is 27.6 Å². The van der Waals surface area contributed by atoms with E-state index in [1.54, 1.807) is 18.3 Å². The highest BCUT2D eigenvalue weighted by atomic mass is 35.5. The van der Waals surface area contributed by atoms with Gasteiger partial charge in [-0.2, -0.15) is 10.2 Å². The summed E-state index contributed by atoms with van der Waals surface area (Å²) in [4.78, 5) is 0. The molecular formula is C17H21Cl3N4. The number of benzene rings is 1. The Labute approximate surface area is 157 Å². The fourth-order valence-corrected chi connectivity index (χ4v) is 3.34. The van der Waals surface area contributed by atoms with E-state index in [0.29, 0.717) is 20.8 Å². The molecular weight excluding hydrogens is 367 g/mol. The van der Waals surface area contributed by atoms with Gasteiger partial charge in [0.2, 0.25) is 0 Å². The van der Waals surface area contributed by atoms with E-state index >= 15 is 0 Å². The van der Waals surface area contributed by atoms with Crippen molar-refractivity contribution in [3.8, 4) is 0 Å². The Morgan fingerprint density at radius 1 is 1.17 bits per heavy atom. The van der Waals surface area contributed by atoms with E-state index in [0.717, 1.165) is 29.9 Å². The van der Waals surface area contributed by atoms with Crippen molar-refractivity contribution in [2.24, 2.45) is 5.10 Å². The molecule has 130 valence electrons. The molecule has 0 bridgehead atoms. The van der Waals surface area contributed by atoms with Crippen molar-refractivity contribution in [2.75, 3.05) is 5.43 Å². The maximum Gasteiger partial charge on any atom is 0.0935 e. The Morgan fingerprint density at radius 2 is 1.83 bits per heavy atom. The zero-order valence-electron chi connectivity index (χ0n) is 14.0. The molecule has 2 rings (SSSR count). The fraction of sp³-hybridized carbons (Fsp3) is 0.412. The third kappa shape index (κ3) is 4.65. The molecule has 2 aromatic rings. The summed E-state index contributed by atoms with van der Waals surface area (Å²) in [6.45, 7) is 7.15. The first-order chi connectivity index (χ1) is 11.4. The van der Waals surface area contributed by atoms with Crippen LogP contribution in [0.1, 0.15) is 43.1 Å². The number of aryl methyl sites for hydroxylation is 2. The summed E-state index contributed by atoms with van der Waals surface area (Å²) in [5.74, 6) is 0. The monoisotopic (exact) mass is 386 g/mol. The second-order valence-electron chi connectivity index (χ2n) is 5.63. The Bertz CT molecular complexity index is 715. The van der Waals surface area contributed by atoms with Gasteiger partial charge in [0.25, 0.3) is 0 Å². The van der Waals surface area contributed by atoms with Crippen LogP contribution < -0.4 is 5.43 Å². The molecule has 7 heteroatoms. The van der Waals surface area contributed by atoms with Crippen molar-refractivity contribution in [2.45, 2.75) is 46.6 Å². The second-order valence-corrected chi connectivity index (χ2v) is 6.88. The van der Waals surface area contributed by atoms with E-state index in [1.807, 2.05) is 11.6 Å². The van der Waals surface area contributed by atoms with Crippen molar-refractivity contribution in [3.05, 3.63) is 44.2 Å². The Balaban J connectivity index is 2.12. The van der Waals surface area contributed by atoms with Crippen LogP contribution in [0, 0.1) is 13.8 Å². The van der Waals surface area contributed by atoms with Gasteiger partial charge < -0.3 is 0 Å². The van der Waals surface area contributed by atoms with Crippen molar-refractivity contribution in [3.63, 3.8) is 0 Å². The fourth-order valence-electron chi connectivity index (χ4n) is 2.44. The van der Waals surface area contributed by atoms with Gasteiger partial charge in [-0.15, -0.1) is 0 Å². The van der Waals surface area contributed by atoms with Gasteiger partial charge in [0, 0.05) is 22.8 Å². The van der Waals surface area contributed by atoms with Crippen LogP contribution >= 0.6 is 34.8 Å². The first-order valence-electron chi connectivity index (χ1n) is 7.91. The summed E-state index contributed by atoms with van der Waals surface area (Å²) in [6.07, 6.45) is 5.27. The highest BCUT2D eigenvalue weighted by Crippen LogP contribution is 2.33. The van der Waals surface area contributed by atoms with Crippen molar-refractivity contribution in [1.29, 1.82) is 0 Å². The minimum absolute atomic E-state index is 0.424. The number of unbranched alkanes of at least 4 members (excludes halogenated alkanes) is 2. The van der Waals surface area contributed by atoms with E-state index in [2.05, 4.69) is 29.5 Å². The molecule has 24 heavy (non-hydrogen) atoms. The molecule has 0 unspecified atom stereocenters. The lowest BCUT2D eigenvalue weighted by Crippen LogP contribution is -2.03. The SMILES string of the molecule is CCCCCn1nc(C)c(/C=N/Nc2c(Cl)cc(Cl)cc2Cl)c1C. The van der Waals surface area contributed by atoms with Crippen LogP contribution in [-0.2, 0) is 6.54 Å². The third-order valence-corrected chi connectivity index (χ3v) is 4.60. The average molecular weight is 388 g/mol. The zero-order chi connectivity index (χ0) is 17.7. The topological polar surface area (TPSA) is 42.2 Å². The number of rotatable bonds is 7. The van der Waals surface area contributed by atoms with Gasteiger partial charge in [0.1, 0.15) is 0 Å². The van der Waals surface area contributed by atoms with Gasteiger partial charge in [0.15, 0.2) is 0 Å². The molecule has 0 atom stereocenters. The molecule has 0 aliphatic rings. The first kappa shape index (κ1) is 19.1. The largest absolute Gasteiger partial charge is 0.275 e. The number of halogens is 3. The summed E-state index contributed by atoms with van der Waals surface area (Å²) in [5, 5.41) is 10.2. The highest BCUT2D eigenvalue weighted by molar-refractivity contribution is 6.41. The molecule has 0 radical (unpaired) electrons. The minimum Gasteiger partial charge on any atom is -0.275 e. The van der Waals surface area contributed by atoms with Gasteiger partial charge >= 0.3 is 0 Å². The Morgan fingerprint density at radius 3 is 2.46 bits per heavy atom. The maximum absolute atomic E-state index is 6.13. The molecule has 1 N–H and O–H groups in total. The van der Waals surface area contributed by atoms with Crippen molar-refractivity contribution >= 4 is 46.7 Å². The summed E-state index contributed by atoms with van der Waals surface area (Å²) in [7, 11) is 0. The molecule has 0 aliphatic heterocycles. The molecule has 4 nitrogen and oxygen atoms in total. The molecule has 0 saturated heterocycles. The number of nitrogens with one attached hydrogen (secondary N) is 1. The molecule has 1 heterocycles. The summed E-state index contributed by atoms with van der Waals surface area (Å²) in [5.41, 5.74) is 6.46. The summed E-state index contributed by atoms with van der Waals surface area (Å²) < 4.78 is 2.04. The van der Waals surface area contributed by atoms with Crippen LogP contribution in [0.5, 0.6) is 0 Å². The molecule has 0 amide bonds. The Kier molecular flexibility index (Phi) is 6.96. The second kappa shape index (κ2) is 8.75. The van der Waals surface area contributed by atoms with Gasteiger partial charge in [-0.3, -0.25) is 10.1 Å².